The number of nitrogens with one attached hydrogen (secondary N) is 1. The lowest BCUT2D eigenvalue weighted by Crippen LogP contribution is -2.50. The molecule has 4 heterocycles. The number of carbonyl (C=O) groups is 3. The van der Waals surface area contributed by atoms with Crippen LogP contribution in [0.25, 0.3) is 5.65 Å². The molecule has 33 heavy (non-hydrogen) atoms. The molecule has 2 aromatic heterocycles. The zero-order valence-electron chi connectivity index (χ0n) is 19.1. The summed E-state index contributed by atoms with van der Waals surface area (Å²) in [4.78, 5) is 45.5. The van der Waals surface area contributed by atoms with E-state index in [0.717, 1.165) is 18.7 Å². The number of imide groups is 1. The number of hydrogen-bond donors (Lipinski definition) is 1. The third kappa shape index (κ3) is 5.43. The lowest BCUT2D eigenvalue weighted by Gasteiger charge is -2.34. The van der Waals surface area contributed by atoms with Crippen molar-refractivity contribution >= 4 is 29.5 Å². The highest BCUT2D eigenvalue weighted by atomic mass is 16.6. The van der Waals surface area contributed by atoms with E-state index in [2.05, 4.69) is 27.0 Å². The molecular formula is C23H28N6O4. The summed E-state index contributed by atoms with van der Waals surface area (Å²) in [6.45, 7) is 9.26. The summed E-state index contributed by atoms with van der Waals surface area (Å²) in [6, 6.07) is 3.30. The lowest BCUT2D eigenvalue weighted by molar-refractivity contribution is -0.120. The van der Waals surface area contributed by atoms with Gasteiger partial charge < -0.3 is 9.64 Å². The molecular weight excluding hydrogens is 424 g/mol. The standard InChI is InChI=1S/C23H28N6O4/c1-23(2,3)33-22(32)27-13-11-26(12-14-27)8-4-5-17-6-9-28-18(15-17)24-16-20(28)29-10-7-19(30)25-21(29)31/h6,9,15-16H,7-8,10-14H2,1-3H3,(H,25,30,31). The predicted octanol–water partition coefficient (Wildman–Crippen LogP) is 1.68. The zero-order chi connectivity index (χ0) is 23.6. The number of nitrogens with zero attached hydrogens (tertiary/aromatic N) is 5. The molecule has 2 aliphatic rings. The van der Waals surface area contributed by atoms with Crippen molar-refractivity contribution < 1.29 is 19.1 Å². The monoisotopic (exact) mass is 452 g/mol. The number of fused-ring (bicyclic) bond motifs is 1. The van der Waals surface area contributed by atoms with Crippen LogP contribution in [0.3, 0.4) is 0 Å². The lowest BCUT2D eigenvalue weighted by atomic mass is 10.2. The molecule has 0 unspecified atom stereocenters. The van der Waals surface area contributed by atoms with E-state index in [1.165, 1.54) is 4.90 Å². The Balaban J connectivity index is 1.34. The number of hydrogen-bond acceptors (Lipinski definition) is 6. The molecule has 10 nitrogen and oxygen atoms in total. The molecule has 2 fully saturated rings. The van der Waals surface area contributed by atoms with Crippen molar-refractivity contribution in [1.29, 1.82) is 0 Å². The largest absolute Gasteiger partial charge is 0.444 e. The molecule has 4 rings (SSSR count). The Morgan fingerprint density at radius 3 is 2.64 bits per heavy atom. The Kier molecular flexibility index (Phi) is 6.24. The van der Waals surface area contributed by atoms with Gasteiger partial charge in [-0.25, -0.2) is 14.6 Å². The minimum absolute atomic E-state index is 0.258. The van der Waals surface area contributed by atoms with Crippen LogP contribution in [0.4, 0.5) is 15.4 Å². The Bertz CT molecular complexity index is 1130. The first kappa shape index (κ1) is 22.6. The first-order valence-electron chi connectivity index (χ1n) is 11.0. The summed E-state index contributed by atoms with van der Waals surface area (Å²) in [5, 5.41) is 2.32. The number of carbonyl (C=O) groups excluding carboxylic acids is 3. The summed E-state index contributed by atoms with van der Waals surface area (Å²) in [5.74, 6) is 6.70. The topological polar surface area (TPSA) is 99.5 Å². The van der Waals surface area contributed by atoms with Crippen molar-refractivity contribution in [3.8, 4) is 11.8 Å². The third-order valence-electron chi connectivity index (χ3n) is 5.38. The maximum absolute atomic E-state index is 12.2. The minimum atomic E-state index is -0.490. The number of anilines is 1. The van der Waals surface area contributed by atoms with Crippen molar-refractivity contribution in [2.45, 2.75) is 32.8 Å². The number of ether oxygens (including phenoxy) is 1. The van der Waals surface area contributed by atoms with E-state index in [1.54, 1.807) is 15.5 Å². The van der Waals surface area contributed by atoms with Crippen LogP contribution in [0.2, 0.25) is 0 Å². The maximum Gasteiger partial charge on any atom is 0.410 e. The van der Waals surface area contributed by atoms with Crippen LogP contribution >= 0.6 is 0 Å². The van der Waals surface area contributed by atoms with Crippen LogP contribution in [-0.2, 0) is 9.53 Å². The van der Waals surface area contributed by atoms with Crippen LogP contribution in [0.15, 0.2) is 24.5 Å². The van der Waals surface area contributed by atoms with Gasteiger partial charge in [-0.05, 0) is 32.9 Å². The van der Waals surface area contributed by atoms with Gasteiger partial charge in [-0.1, -0.05) is 11.8 Å². The molecule has 174 valence electrons. The maximum atomic E-state index is 12.2. The van der Waals surface area contributed by atoms with Crippen LogP contribution < -0.4 is 10.2 Å². The van der Waals surface area contributed by atoms with Gasteiger partial charge >= 0.3 is 12.1 Å². The highest BCUT2D eigenvalue weighted by Gasteiger charge is 2.27. The molecule has 0 bridgehead atoms. The highest BCUT2D eigenvalue weighted by molar-refractivity contribution is 6.05. The van der Waals surface area contributed by atoms with Crippen LogP contribution in [0, 0.1) is 11.8 Å². The van der Waals surface area contributed by atoms with Crippen molar-refractivity contribution in [3.05, 3.63) is 30.1 Å². The van der Waals surface area contributed by atoms with Gasteiger partial charge in [0.05, 0.1) is 12.7 Å². The average Bonchev–Trinajstić information content (AvgIpc) is 3.16. The van der Waals surface area contributed by atoms with Gasteiger partial charge in [-0.3, -0.25) is 24.3 Å². The zero-order valence-corrected chi connectivity index (χ0v) is 19.1. The number of pyridine rings is 1. The van der Waals surface area contributed by atoms with E-state index in [0.29, 0.717) is 37.6 Å². The SMILES string of the molecule is CC(C)(C)OC(=O)N1CCN(CC#Cc2ccn3c(N4CCC(=O)NC4=O)cnc3c2)CC1. The number of aromatic nitrogens is 2. The minimum Gasteiger partial charge on any atom is -0.444 e. The van der Waals surface area contributed by atoms with Crippen molar-refractivity contribution in [1.82, 2.24) is 24.5 Å². The molecule has 10 heteroatoms. The molecule has 0 atom stereocenters. The first-order valence-corrected chi connectivity index (χ1v) is 11.0. The van der Waals surface area contributed by atoms with Gasteiger partial charge in [0.2, 0.25) is 5.91 Å². The fourth-order valence-electron chi connectivity index (χ4n) is 3.70. The molecule has 0 aliphatic carbocycles. The van der Waals surface area contributed by atoms with Crippen molar-refractivity contribution in [3.63, 3.8) is 0 Å². The quantitative estimate of drug-likeness (QED) is 0.696. The summed E-state index contributed by atoms with van der Waals surface area (Å²) >= 11 is 0. The third-order valence-corrected chi connectivity index (χ3v) is 5.38. The summed E-state index contributed by atoms with van der Waals surface area (Å²) in [7, 11) is 0. The Hall–Kier alpha value is -3.58. The first-order chi connectivity index (χ1) is 15.7. The molecule has 2 aromatic rings. The Labute approximate surface area is 192 Å². The Morgan fingerprint density at radius 2 is 1.94 bits per heavy atom. The number of piperazine rings is 1. The van der Waals surface area contributed by atoms with E-state index in [9.17, 15) is 14.4 Å². The molecule has 0 saturated carbocycles. The van der Waals surface area contributed by atoms with Gasteiger partial charge in [0.25, 0.3) is 0 Å². The molecule has 2 aliphatic heterocycles. The smallest absolute Gasteiger partial charge is 0.410 e. The van der Waals surface area contributed by atoms with Gasteiger partial charge in [-0.15, -0.1) is 0 Å². The molecule has 0 spiro atoms. The number of amides is 4. The molecule has 0 aromatic carbocycles. The van der Waals surface area contributed by atoms with Crippen LogP contribution in [-0.4, -0.2) is 82.1 Å². The van der Waals surface area contributed by atoms with E-state index in [-0.39, 0.29) is 18.4 Å². The van der Waals surface area contributed by atoms with E-state index < -0.39 is 11.6 Å². The van der Waals surface area contributed by atoms with Gasteiger partial charge in [0, 0.05) is 50.9 Å². The number of rotatable bonds is 2. The van der Waals surface area contributed by atoms with Crippen LogP contribution in [0.1, 0.15) is 32.8 Å². The van der Waals surface area contributed by atoms with E-state index in [4.69, 9.17) is 4.74 Å². The van der Waals surface area contributed by atoms with Gasteiger partial charge in [-0.2, -0.15) is 0 Å². The molecule has 2 saturated heterocycles. The summed E-state index contributed by atoms with van der Waals surface area (Å²) in [5.41, 5.74) is 1.01. The molecule has 1 N–H and O–H groups in total. The summed E-state index contributed by atoms with van der Waals surface area (Å²) < 4.78 is 7.23. The highest BCUT2D eigenvalue weighted by Crippen LogP contribution is 2.20. The van der Waals surface area contributed by atoms with E-state index in [1.807, 2.05) is 39.1 Å². The fourth-order valence-corrected chi connectivity index (χ4v) is 3.70. The molecule has 4 amide bonds. The molecule has 0 radical (unpaired) electrons. The van der Waals surface area contributed by atoms with Crippen LogP contribution in [0.5, 0.6) is 0 Å². The normalized spacial score (nSPS) is 17.5. The second-order valence-corrected chi connectivity index (χ2v) is 9.06. The van der Waals surface area contributed by atoms with E-state index >= 15 is 0 Å². The number of urea groups is 1. The second kappa shape index (κ2) is 9.11. The second-order valence-electron chi connectivity index (χ2n) is 9.06. The van der Waals surface area contributed by atoms with Gasteiger partial charge in [0.1, 0.15) is 17.1 Å². The van der Waals surface area contributed by atoms with Crippen molar-refractivity contribution in [2.24, 2.45) is 0 Å². The summed E-state index contributed by atoms with van der Waals surface area (Å²) in [6.07, 6.45) is 3.43. The predicted molar refractivity (Wildman–Crippen MR) is 122 cm³/mol. The fraction of sp³-hybridized carbons (Fsp3) is 0.478. The van der Waals surface area contributed by atoms with Crippen molar-refractivity contribution in [2.75, 3.05) is 44.2 Å². The Morgan fingerprint density at radius 1 is 1.18 bits per heavy atom. The average molecular weight is 453 g/mol. The number of imidazole rings is 1. The van der Waals surface area contributed by atoms with Gasteiger partial charge in [0.15, 0.2) is 0 Å².